The molecule has 1 saturated heterocycles. The second-order valence-electron chi connectivity index (χ2n) is 6.52. The number of halogens is 3. The number of alkyl halides is 3. The van der Waals surface area contributed by atoms with Crippen LogP contribution in [-0.2, 0) is 11.0 Å². The fourth-order valence-electron chi connectivity index (χ4n) is 3.02. The van der Waals surface area contributed by atoms with Crippen LogP contribution in [0.4, 0.5) is 18.9 Å². The molecule has 1 fully saturated rings. The summed E-state index contributed by atoms with van der Waals surface area (Å²) in [4.78, 5) is 16.2. The van der Waals surface area contributed by atoms with E-state index in [1.807, 2.05) is 19.1 Å². The molecule has 0 radical (unpaired) electrons. The molecule has 1 aliphatic rings. The van der Waals surface area contributed by atoms with E-state index in [0.717, 1.165) is 30.9 Å². The number of carbonyl (C=O) groups is 1. The van der Waals surface area contributed by atoms with Crippen LogP contribution < -0.4 is 9.64 Å². The predicted octanol–water partition coefficient (Wildman–Crippen LogP) is 3.74. The van der Waals surface area contributed by atoms with E-state index in [4.69, 9.17) is 4.74 Å². The quantitative estimate of drug-likeness (QED) is 0.813. The fraction of sp³-hybridized carbons (Fsp3) is 0.350. The number of hydrogen-bond donors (Lipinski definition) is 0. The second kappa shape index (κ2) is 7.90. The average molecular weight is 378 g/mol. The van der Waals surface area contributed by atoms with Gasteiger partial charge in [0.05, 0.1) is 5.56 Å². The lowest BCUT2D eigenvalue weighted by molar-refractivity contribution is -0.137. The van der Waals surface area contributed by atoms with Crippen LogP contribution in [0.5, 0.6) is 5.75 Å². The van der Waals surface area contributed by atoms with Crippen molar-refractivity contribution in [2.75, 3.05) is 37.7 Å². The molecule has 0 saturated carbocycles. The number of carbonyl (C=O) groups excluding carboxylic acids is 1. The minimum absolute atomic E-state index is 0.168. The highest BCUT2D eigenvalue weighted by Crippen LogP contribution is 2.30. The number of benzene rings is 2. The summed E-state index contributed by atoms with van der Waals surface area (Å²) in [7, 11) is 0. The number of piperazine rings is 1. The van der Waals surface area contributed by atoms with Crippen molar-refractivity contribution in [2.24, 2.45) is 0 Å². The number of aryl methyl sites for hydroxylation is 1. The Labute approximate surface area is 156 Å². The summed E-state index contributed by atoms with van der Waals surface area (Å²) in [6.45, 7) is 4.49. The Hall–Kier alpha value is -2.70. The second-order valence-corrected chi connectivity index (χ2v) is 6.52. The van der Waals surface area contributed by atoms with Gasteiger partial charge < -0.3 is 14.5 Å². The van der Waals surface area contributed by atoms with E-state index in [1.165, 1.54) is 17.7 Å². The summed E-state index contributed by atoms with van der Waals surface area (Å²) >= 11 is 0. The number of anilines is 1. The molecule has 27 heavy (non-hydrogen) atoms. The summed E-state index contributed by atoms with van der Waals surface area (Å²) in [5.74, 6) is 0.0773. The number of amides is 1. The van der Waals surface area contributed by atoms with Gasteiger partial charge in [-0.15, -0.1) is 0 Å². The zero-order valence-electron chi connectivity index (χ0n) is 15.0. The van der Waals surface area contributed by atoms with E-state index in [2.05, 4.69) is 17.0 Å². The Morgan fingerprint density at radius 1 is 1.04 bits per heavy atom. The molecule has 1 amide bonds. The van der Waals surface area contributed by atoms with Gasteiger partial charge in [-0.05, 0) is 48.9 Å². The maximum absolute atomic E-state index is 12.5. The minimum atomic E-state index is -4.38. The van der Waals surface area contributed by atoms with Gasteiger partial charge in [-0.2, -0.15) is 13.2 Å². The third kappa shape index (κ3) is 4.93. The number of hydrogen-bond acceptors (Lipinski definition) is 3. The minimum Gasteiger partial charge on any atom is -0.484 e. The van der Waals surface area contributed by atoms with Crippen molar-refractivity contribution in [1.82, 2.24) is 4.90 Å². The summed E-state index contributed by atoms with van der Waals surface area (Å²) in [5, 5.41) is 0. The highest BCUT2D eigenvalue weighted by molar-refractivity contribution is 5.78. The average Bonchev–Trinajstić information content (AvgIpc) is 2.66. The van der Waals surface area contributed by atoms with E-state index in [0.29, 0.717) is 13.1 Å². The van der Waals surface area contributed by atoms with Gasteiger partial charge in [0.1, 0.15) is 5.75 Å². The molecule has 0 N–H and O–H groups in total. The highest BCUT2D eigenvalue weighted by atomic mass is 19.4. The molecule has 0 atom stereocenters. The first-order chi connectivity index (χ1) is 12.8. The molecule has 1 heterocycles. The summed E-state index contributed by atoms with van der Waals surface area (Å²) in [6, 6.07) is 12.6. The van der Waals surface area contributed by atoms with Gasteiger partial charge in [0.2, 0.25) is 0 Å². The van der Waals surface area contributed by atoms with Crippen LogP contribution in [0.1, 0.15) is 11.1 Å². The molecule has 0 bridgehead atoms. The molecule has 7 heteroatoms. The van der Waals surface area contributed by atoms with Crippen LogP contribution in [0.15, 0.2) is 48.5 Å². The molecule has 0 aromatic heterocycles. The van der Waals surface area contributed by atoms with Crippen molar-refractivity contribution >= 4 is 11.6 Å². The van der Waals surface area contributed by atoms with Gasteiger partial charge in [-0.1, -0.05) is 12.1 Å². The lowest BCUT2D eigenvalue weighted by atomic mass is 10.2. The molecule has 4 nitrogen and oxygen atoms in total. The Bertz CT molecular complexity index is 783. The van der Waals surface area contributed by atoms with Crippen molar-refractivity contribution < 1.29 is 22.7 Å². The van der Waals surface area contributed by atoms with Crippen LogP contribution in [0.25, 0.3) is 0 Å². The number of ether oxygens (including phenoxy) is 1. The molecule has 0 aliphatic carbocycles. The third-order valence-corrected chi connectivity index (χ3v) is 4.54. The fourth-order valence-corrected chi connectivity index (χ4v) is 3.02. The SMILES string of the molecule is Cc1cccc(N2CCN(C(=O)COc3ccc(C(F)(F)F)cc3)CC2)c1. The molecule has 0 unspecified atom stereocenters. The molecular weight excluding hydrogens is 357 g/mol. The van der Waals surface area contributed by atoms with Crippen molar-refractivity contribution in [3.63, 3.8) is 0 Å². The number of nitrogens with zero attached hydrogens (tertiary/aromatic N) is 2. The smallest absolute Gasteiger partial charge is 0.416 e. The molecule has 2 aromatic carbocycles. The normalized spacial score (nSPS) is 15.0. The molecule has 2 aromatic rings. The molecule has 3 rings (SSSR count). The first kappa shape index (κ1) is 19.1. The summed E-state index contributed by atoms with van der Waals surface area (Å²) in [6.07, 6.45) is -4.38. The Morgan fingerprint density at radius 2 is 1.70 bits per heavy atom. The largest absolute Gasteiger partial charge is 0.484 e. The van der Waals surface area contributed by atoms with Crippen LogP contribution in [0.3, 0.4) is 0 Å². The van der Waals surface area contributed by atoms with E-state index in [9.17, 15) is 18.0 Å². The van der Waals surface area contributed by atoms with Crippen molar-refractivity contribution in [1.29, 1.82) is 0 Å². The first-order valence-electron chi connectivity index (χ1n) is 8.72. The maximum Gasteiger partial charge on any atom is 0.416 e. The van der Waals surface area contributed by atoms with Gasteiger partial charge in [0.15, 0.2) is 6.61 Å². The standard InChI is InChI=1S/C20H21F3N2O2/c1-15-3-2-4-17(13-15)24-9-11-25(12-10-24)19(26)14-27-18-7-5-16(6-8-18)20(21,22)23/h2-8,13H,9-12,14H2,1H3. The topological polar surface area (TPSA) is 32.8 Å². The third-order valence-electron chi connectivity index (χ3n) is 4.54. The van der Waals surface area contributed by atoms with Gasteiger partial charge in [-0.25, -0.2) is 0 Å². The Kier molecular flexibility index (Phi) is 5.58. The Morgan fingerprint density at radius 3 is 2.30 bits per heavy atom. The molecule has 144 valence electrons. The monoisotopic (exact) mass is 378 g/mol. The van der Waals surface area contributed by atoms with E-state index < -0.39 is 11.7 Å². The summed E-state index contributed by atoms with van der Waals surface area (Å²) in [5.41, 5.74) is 1.59. The van der Waals surface area contributed by atoms with Gasteiger partial charge in [0.25, 0.3) is 5.91 Å². The predicted molar refractivity (Wildman–Crippen MR) is 96.9 cm³/mol. The van der Waals surface area contributed by atoms with E-state index in [-0.39, 0.29) is 18.3 Å². The lowest BCUT2D eigenvalue weighted by Gasteiger charge is -2.36. The van der Waals surface area contributed by atoms with E-state index >= 15 is 0 Å². The number of rotatable bonds is 4. The van der Waals surface area contributed by atoms with Crippen LogP contribution in [0.2, 0.25) is 0 Å². The van der Waals surface area contributed by atoms with Crippen molar-refractivity contribution in [2.45, 2.75) is 13.1 Å². The van der Waals surface area contributed by atoms with Gasteiger partial charge >= 0.3 is 6.18 Å². The summed E-state index contributed by atoms with van der Waals surface area (Å²) < 4.78 is 43.0. The van der Waals surface area contributed by atoms with Crippen LogP contribution in [-0.4, -0.2) is 43.6 Å². The molecular formula is C20H21F3N2O2. The zero-order valence-corrected chi connectivity index (χ0v) is 15.0. The first-order valence-corrected chi connectivity index (χ1v) is 8.72. The van der Waals surface area contributed by atoms with Crippen LogP contribution >= 0.6 is 0 Å². The van der Waals surface area contributed by atoms with Crippen molar-refractivity contribution in [3.05, 3.63) is 59.7 Å². The zero-order chi connectivity index (χ0) is 19.4. The lowest BCUT2D eigenvalue weighted by Crippen LogP contribution is -2.50. The maximum atomic E-state index is 12.5. The molecule has 0 spiro atoms. The van der Waals surface area contributed by atoms with Crippen molar-refractivity contribution in [3.8, 4) is 5.75 Å². The van der Waals surface area contributed by atoms with Crippen LogP contribution in [0, 0.1) is 6.92 Å². The van der Waals surface area contributed by atoms with E-state index in [1.54, 1.807) is 4.90 Å². The van der Waals surface area contributed by atoms with Gasteiger partial charge in [0, 0.05) is 31.9 Å². The highest BCUT2D eigenvalue weighted by Gasteiger charge is 2.30. The molecule has 1 aliphatic heterocycles. The Balaban J connectivity index is 1.48. The van der Waals surface area contributed by atoms with Gasteiger partial charge in [-0.3, -0.25) is 4.79 Å².